The summed E-state index contributed by atoms with van der Waals surface area (Å²) in [5.41, 5.74) is 0. The zero-order valence-corrected chi connectivity index (χ0v) is 13.1. The number of carbonyl (C=O) groups excluding carboxylic acids is 2. The molecule has 0 aromatic rings. The van der Waals surface area contributed by atoms with Crippen molar-refractivity contribution in [3.63, 3.8) is 0 Å². The molecule has 1 aliphatic heterocycles. The Hall–Kier alpha value is -1.14. The summed E-state index contributed by atoms with van der Waals surface area (Å²) in [7, 11) is 1.62. The summed E-state index contributed by atoms with van der Waals surface area (Å²) in [6.07, 6.45) is 2.06. The molecule has 2 atom stereocenters. The molecular formula is C15H26N2O4. The van der Waals surface area contributed by atoms with E-state index in [-0.39, 0.29) is 23.8 Å². The number of amides is 2. The van der Waals surface area contributed by atoms with Gasteiger partial charge >= 0.3 is 0 Å². The molecule has 1 saturated heterocycles. The van der Waals surface area contributed by atoms with Crippen LogP contribution in [0.25, 0.3) is 0 Å². The van der Waals surface area contributed by atoms with E-state index in [0.29, 0.717) is 32.3 Å². The highest BCUT2D eigenvalue weighted by Crippen LogP contribution is 2.35. The predicted molar refractivity (Wildman–Crippen MR) is 77.7 cm³/mol. The Balaban J connectivity index is 1.96. The van der Waals surface area contributed by atoms with Gasteiger partial charge in [-0.1, -0.05) is 13.8 Å². The van der Waals surface area contributed by atoms with Crippen LogP contribution >= 0.6 is 0 Å². The molecule has 1 heterocycles. The van der Waals surface area contributed by atoms with Crippen LogP contribution in [0.1, 0.15) is 26.7 Å². The standard InChI is InChI=1S/C15H26N2O4/c1-10(2)13-14(18)16-12(11-4-5-11)15(19)17(13)6-7-21-9-8-20-3/h10-13H,4-9H2,1-3H3,(H,16,18). The minimum Gasteiger partial charge on any atom is -0.382 e. The van der Waals surface area contributed by atoms with Gasteiger partial charge in [0.2, 0.25) is 11.8 Å². The SMILES string of the molecule is COCCOCCN1C(=O)C(C2CC2)NC(=O)C1C(C)C. The van der Waals surface area contributed by atoms with Crippen LogP contribution < -0.4 is 5.32 Å². The zero-order valence-electron chi connectivity index (χ0n) is 13.1. The highest BCUT2D eigenvalue weighted by atomic mass is 16.5. The Kier molecular flexibility index (Phi) is 5.58. The van der Waals surface area contributed by atoms with Crippen LogP contribution in [0.4, 0.5) is 0 Å². The number of rotatable bonds is 8. The molecule has 6 nitrogen and oxygen atoms in total. The summed E-state index contributed by atoms with van der Waals surface area (Å²) >= 11 is 0. The van der Waals surface area contributed by atoms with Crippen molar-refractivity contribution in [2.45, 2.75) is 38.8 Å². The largest absolute Gasteiger partial charge is 0.382 e. The summed E-state index contributed by atoms with van der Waals surface area (Å²) in [6.45, 7) is 5.86. The lowest BCUT2D eigenvalue weighted by Gasteiger charge is -2.41. The van der Waals surface area contributed by atoms with E-state index < -0.39 is 6.04 Å². The molecule has 1 N–H and O–H groups in total. The third-order valence-corrected chi connectivity index (χ3v) is 4.08. The summed E-state index contributed by atoms with van der Waals surface area (Å²) in [4.78, 5) is 26.6. The number of nitrogens with one attached hydrogen (secondary N) is 1. The fraction of sp³-hybridized carbons (Fsp3) is 0.867. The molecule has 0 spiro atoms. The topological polar surface area (TPSA) is 67.9 Å². The maximum atomic E-state index is 12.6. The normalized spacial score (nSPS) is 26.4. The number of nitrogens with zero attached hydrogens (tertiary/aromatic N) is 1. The molecule has 0 radical (unpaired) electrons. The van der Waals surface area contributed by atoms with E-state index in [2.05, 4.69) is 5.32 Å². The molecule has 120 valence electrons. The average molecular weight is 298 g/mol. The van der Waals surface area contributed by atoms with E-state index in [1.165, 1.54) is 0 Å². The Bertz CT molecular complexity index is 382. The minimum absolute atomic E-state index is 0.0293. The summed E-state index contributed by atoms with van der Waals surface area (Å²) < 4.78 is 10.4. The van der Waals surface area contributed by atoms with Crippen LogP contribution in [0.5, 0.6) is 0 Å². The maximum Gasteiger partial charge on any atom is 0.246 e. The van der Waals surface area contributed by atoms with Crippen LogP contribution in [0.3, 0.4) is 0 Å². The molecule has 2 aliphatic rings. The van der Waals surface area contributed by atoms with Gasteiger partial charge in [0.15, 0.2) is 0 Å². The number of ether oxygens (including phenoxy) is 2. The Labute approximate surface area is 126 Å². The van der Waals surface area contributed by atoms with Crippen molar-refractivity contribution in [3.05, 3.63) is 0 Å². The molecule has 2 rings (SSSR count). The fourth-order valence-corrected chi connectivity index (χ4v) is 2.83. The van der Waals surface area contributed by atoms with Crippen LogP contribution in [0.2, 0.25) is 0 Å². The molecular weight excluding hydrogens is 272 g/mol. The third-order valence-electron chi connectivity index (χ3n) is 4.08. The zero-order chi connectivity index (χ0) is 15.4. The molecule has 2 amide bonds. The van der Waals surface area contributed by atoms with Gasteiger partial charge in [-0.05, 0) is 24.7 Å². The van der Waals surface area contributed by atoms with Crippen molar-refractivity contribution >= 4 is 11.8 Å². The summed E-state index contributed by atoms with van der Waals surface area (Å²) in [5, 5.41) is 2.91. The molecule has 6 heteroatoms. The smallest absolute Gasteiger partial charge is 0.246 e. The first-order chi connectivity index (χ1) is 10.1. The lowest BCUT2D eigenvalue weighted by atomic mass is 9.95. The second-order valence-corrected chi connectivity index (χ2v) is 6.15. The Morgan fingerprint density at radius 3 is 2.52 bits per heavy atom. The number of methoxy groups -OCH3 is 1. The number of piperazine rings is 1. The summed E-state index contributed by atoms with van der Waals surface area (Å²) in [6, 6.07) is -0.718. The second kappa shape index (κ2) is 7.22. The van der Waals surface area contributed by atoms with Gasteiger partial charge in [-0.15, -0.1) is 0 Å². The molecule has 0 aromatic heterocycles. The Morgan fingerprint density at radius 1 is 1.24 bits per heavy atom. The molecule has 2 unspecified atom stereocenters. The molecule has 21 heavy (non-hydrogen) atoms. The molecule has 1 saturated carbocycles. The van der Waals surface area contributed by atoms with E-state index in [0.717, 1.165) is 12.8 Å². The third kappa shape index (κ3) is 3.95. The highest BCUT2D eigenvalue weighted by molar-refractivity contribution is 5.97. The lowest BCUT2D eigenvalue weighted by Crippen LogP contribution is -2.65. The van der Waals surface area contributed by atoms with Gasteiger partial charge in [0, 0.05) is 13.7 Å². The van der Waals surface area contributed by atoms with Gasteiger partial charge in [-0.3, -0.25) is 9.59 Å². The average Bonchev–Trinajstić information content (AvgIpc) is 3.25. The molecule has 0 aromatic carbocycles. The first-order valence-corrected chi connectivity index (χ1v) is 7.73. The fourth-order valence-electron chi connectivity index (χ4n) is 2.83. The minimum atomic E-state index is -0.390. The van der Waals surface area contributed by atoms with Crippen LogP contribution in [0, 0.1) is 11.8 Å². The van der Waals surface area contributed by atoms with Crippen LogP contribution in [-0.2, 0) is 19.1 Å². The lowest BCUT2D eigenvalue weighted by molar-refractivity contribution is -0.152. The monoisotopic (exact) mass is 298 g/mol. The van der Waals surface area contributed by atoms with Gasteiger partial charge in [0.05, 0.1) is 19.8 Å². The number of carbonyl (C=O) groups is 2. The predicted octanol–water partition coefficient (Wildman–Crippen LogP) is 0.411. The van der Waals surface area contributed by atoms with E-state index in [1.807, 2.05) is 13.8 Å². The van der Waals surface area contributed by atoms with E-state index >= 15 is 0 Å². The second-order valence-electron chi connectivity index (χ2n) is 6.15. The van der Waals surface area contributed by atoms with Gasteiger partial charge < -0.3 is 19.7 Å². The molecule has 0 bridgehead atoms. The van der Waals surface area contributed by atoms with Gasteiger partial charge in [0.1, 0.15) is 12.1 Å². The highest BCUT2D eigenvalue weighted by Gasteiger charge is 2.47. The maximum absolute atomic E-state index is 12.6. The van der Waals surface area contributed by atoms with Gasteiger partial charge in [-0.25, -0.2) is 0 Å². The number of hydrogen-bond acceptors (Lipinski definition) is 4. The van der Waals surface area contributed by atoms with Crippen LogP contribution in [-0.4, -0.2) is 62.3 Å². The molecule has 2 fully saturated rings. The first-order valence-electron chi connectivity index (χ1n) is 7.73. The van der Waals surface area contributed by atoms with Crippen molar-refractivity contribution in [1.29, 1.82) is 0 Å². The van der Waals surface area contributed by atoms with E-state index in [4.69, 9.17) is 9.47 Å². The van der Waals surface area contributed by atoms with Gasteiger partial charge in [0.25, 0.3) is 0 Å². The number of hydrogen-bond donors (Lipinski definition) is 1. The quantitative estimate of drug-likeness (QED) is 0.659. The first kappa shape index (κ1) is 16.2. The summed E-state index contributed by atoms with van der Waals surface area (Å²) in [5.74, 6) is 0.434. The van der Waals surface area contributed by atoms with Crippen molar-refractivity contribution in [1.82, 2.24) is 10.2 Å². The van der Waals surface area contributed by atoms with Crippen molar-refractivity contribution < 1.29 is 19.1 Å². The van der Waals surface area contributed by atoms with Crippen LogP contribution in [0.15, 0.2) is 0 Å². The van der Waals surface area contributed by atoms with Crippen molar-refractivity contribution in [3.8, 4) is 0 Å². The van der Waals surface area contributed by atoms with E-state index in [9.17, 15) is 9.59 Å². The Morgan fingerprint density at radius 2 is 1.95 bits per heavy atom. The van der Waals surface area contributed by atoms with Crippen molar-refractivity contribution in [2.75, 3.05) is 33.5 Å². The van der Waals surface area contributed by atoms with E-state index in [1.54, 1.807) is 12.0 Å². The molecule has 1 aliphatic carbocycles. The van der Waals surface area contributed by atoms with Gasteiger partial charge in [-0.2, -0.15) is 0 Å². The van der Waals surface area contributed by atoms with Crippen molar-refractivity contribution in [2.24, 2.45) is 11.8 Å².